The Morgan fingerprint density at radius 2 is 2.33 bits per heavy atom. The van der Waals surface area contributed by atoms with Crippen LogP contribution in [0.3, 0.4) is 0 Å². The number of aryl methyl sites for hydroxylation is 1. The van der Waals surface area contributed by atoms with Crippen LogP contribution in [0.15, 0.2) is 18.3 Å². The number of nitrogen functional groups attached to an aromatic ring is 1. The van der Waals surface area contributed by atoms with Gasteiger partial charge in [0, 0.05) is 11.1 Å². The van der Waals surface area contributed by atoms with Gasteiger partial charge in [0.05, 0.1) is 24.9 Å². The first-order chi connectivity index (χ1) is 7.22. The van der Waals surface area contributed by atoms with Crippen LogP contribution in [-0.4, -0.2) is 16.4 Å². The quantitative estimate of drug-likeness (QED) is 0.698. The van der Waals surface area contributed by atoms with E-state index >= 15 is 0 Å². The summed E-state index contributed by atoms with van der Waals surface area (Å²) in [7, 11) is 0. The molecule has 0 bridgehead atoms. The highest BCUT2D eigenvalue weighted by atomic mass is 127. The molecule has 0 aliphatic heterocycles. The van der Waals surface area contributed by atoms with Crippen molar-refractivity contribution in [2.45, 2.75) is 13.5 Å². The molecule has 5 heteroatoms. The molecule has 0 atom stereocenters. The van der Waals surface area contributed by atoms with Crippen molar-refractivity contribution in [1.82, 2.24) is 9.78 Å². The lowest BCUT2D eigenvalue weighted by Crippen LogP contribution is -2.04. The molecule has 1 aromatic carbocycles. The Bertz CT molecular complexity index is 481. The van der Waals surface area contributed by atoms with E-state index in [4.69, 9.17) is 8.80 Å². The van der Waals surface area contributed by atoms with Gasteiger partial charge in [-0.15, -0.1) is 0 Å². The Hall–Kier alpha value is -0.820. The molecular weight excluding hydrogens is 305 g/mol. The van der Waals surface area contributed by atoms with Gasteiger partial charge in [0.1, 0.15) is 23.0 Å². The zero-order chi connectivity index (χ0) is 10.8. The molecular formula is C10H12IN3O. The highest BCUT2D eigenvalue weighted by Gasteiger charge is 2.04. The summed E-state index contributed by atoms with van der Waals surface area (Å²) in [5.41, 5.74) is 8.83. The molecule has 0 saturated carbocycles. The summed E-state index contributed by atoms with van der Waals surface area (Å²) in [5.74, 6) is 0. The summed E-state index contributed by atoms with van der Waals surface area (Å²) in [4.78, 5) is 0. The minimum atomic E-state index is 0.644. The number of hydrogen-bond acceptors (Lipinski definition) is 3. The Labute approximate surface area is 102 Å². The SMILES string of the molecule is Cc1cc2cnn(CCOI)c2cc1N. The van der Waals surface area contributed by atoms with Gasteiger partial charge in [-0.05, 0) is 24.6 Å². The zero-order valence-corrected chi connectivity index (χ0v) is 10.6. The van der Waals surface area contributed by atoms with Crippen molar-refractivity contribution in [3.05, 3.63) is 23.9 Å². The summed E-state index contributed by atoms with van der Waals surface area (Å²) in [6.07, 6.45) is 1.86. The van der Waals surface area contributed by atoms with E-state index in [0.717, 1.165) is 28.7 Å². The second-order valence-electron chi connectivity index (χ2n) is 3.45. The monoisotopic (exact) mass is 317 g/mol. The first-order valence-corrected chi connectivity index (χ1v) is 5.55. The predicted octanol–water partition coefficient (Wildman–Crippen LogP) is 2.29. The predicted molar refractivity (Wildman–Crippen MR) is 68.9 cm³/mol. The molecule has 4 nitrogen and oxygen atoms in total. The Morgan fingerprint density at radius 1 is 1.53 bits per heavy atom. The van der Waals surface area contributed by atoms with Crippen LogP contribution >= 0.6 is 23.0 Å². The summed E-state index contributed by atoms with van der Waals surface area (Å²) < 4.78 is 6.90. The van der Waals surface area contributed by atoms with E-state index in [9.17, 15) is 0 Å². The summed E-state index contributed by atoms with van der Waals surface area (Å²) in [6.45, 7) is 3.39. The fourth-order valence-corrected chi connectivity index (χ4v) is 1.75. The van der Waals surface area contributed by atoms with E-state index in [-0.39, 0.29) is 0 Å². The molecule has 0 fully saturated rings. The van der Waals surface area contributed by atoms with Crippen LogP contribution in [0.5, 0.6) is 0 Å². The van der Waals surface area contributed by atoms with Crippen LogP contribution in [0.1, 0.15) is 5.56 Å². The largest absolute Gasteiger partial charge is 0.398 e. The number of hydrogen-bond donors (Lipinski definition) is 1. The van der Waals surface area contributed by atoms with E-state index in [1.54, 1.807) is 0 Å². The molecule has 0 unspecified atom stereocenters. The van der Waals surface area contributed by atoms with E-state index < -0.39 is 0 Å². The molecule has 0 aliphatic carbocycles. The maximum atomic E-state index is 5.87. The average Bonchev–Trinajstić information content (AvgIpc) is 2.59. The number of benzene rings is 1. The number of rotatable bonds is 3. The molecule has 15 heavy (non-hydrogen) atoms. The molecule has 80 valence electrons. The van der Waals surface area contributed by atoms with Crippen molar-refractivity contribution in [3.8, 4) is 0 Å². The smallest absolute Gasteiger partial charge is 0.109 e. The van der Waals surface area contributed by atoms with Gasteiger partial charge in [0.25, 0.3) is 0 Å². The van der Waals surface area contributed by atoms with E-state index in [0.29, 0.717) is 6.61 Å². The summed E-state index contributed by atoms with van der Waals surface area (Å²) in [6, 6.07) is 4.02. The van der Waals surface area contributed by atoms with Crippen molar-refractivity contribution in [2.24, 2.45) is 0 Å². The fraction of sp³-hybridized carbons (Fsp3) is 0.300. The molecule has 0 spiro atoms. The summed E-state index contributed by atoms with van der Waals surface area (Å²) in [5, 5.41) is 5.41. The van der Waals surface area contributed by atoms with Crippen LogP contribution < -0.4 is 5.73 Å². The third kappa shape index (κ3) is 2.07. The number of nitrogens with zero attached hydrogens (tertiary/aromatic N) is 2. The van der Waals surface area contributed by atoms with Crippen molar-refractivity contribution in [2.75, 3.05) is 12.3 Å². The van der Waals surface area contributed by atoms with E-state index in [2.05, 4.69) is 11.2 Å². The second kappa shape index (κ2) is 4.36. The van der Waals surface area contributed by atoms with E-state index in [1.165, 1.54) is 0 Å². The molecule has 0 saturated heterocycles. The Balaban J connectivity index is 2.45. The minimum Gasteiger partial charge on any atom is -0.398 e. The van der Waals surface area contributed by atoms with Gasteiger partial charge < -0.3 is 8.80 Å². The van der Waals surface area contributed by atoms with Crippen molar-refractivity contribution in [1.29, 1.82) is 0 Å². The van der Waals surface area contributed by atoms with Crippen molar-refractivity contribution >= 4 is 39.6 Å². The van der Waals surface area contributed by atoms with Gasteiger partial charge in [0.15, 0.2) is 0 Å². The number of aromatic nitrogens is 2. The fourth-order valence-electron chi connectivity index (χ4n) is 1.56. The molecule has 0 amide bonds. The van der Waals surface area contributed by atoms with Crippen LogP contribution in [0.4, 0.5) is 5.69 Å². The third-order valence-electron chi connectivity index (χ3n) is 2.41. The maximum absolute atomic E-state index is 5.87. The van der Waals surface area contributed by atoms with Gasteiger partial charge in [-0.25, -0.2) is 0 Å². The van der Waals surface area contributed by atoms with Crippen molar-refractivity contribution in [3.63, 3.8) is 0 Å². The van der Waals surface area contributed by atoms with Gasteiger partial charge in [0.2, 0.25) is 0 Å². The lowest BCUT2D eigenvalue weighted by Gasteiger charge is -2.04. The Kier molecular flexibility index (Phi) is 3.11. The molecule has 0 aliphatic rings. The molecule has 1 heterocycles. The summed E-state index contributed by atoms with van der Waals surface area (Å²) >= 11 is 1.88. The zero-order valence-electron chi connectivity index (χ0n) is 8.40. The average molecular weight is 317 g/mol. The molecule has 0 radical (unpaired) electrons. The topological polar surface area (TPSA) is 53.1 Å². The van der Waals surface area contributed by atoms with E-state index in [1.807, 2.05) is 46.9 Å². The van der Waals surface area contributed by atoms with Crippen LogP contribution in [0.25, 0.3) is 10.9 Å². The normalized spacial score (nSPS) is 11.1. The molecule has 2 N–H and O–H groups in total. The minimum absolute atomic E-state index is 0.644. The number of fused-ring (bicyclic) bond motifs is 1. The van der Waals surface area contributed by atoms with Crippen LogP contribution in [0, 0.1) is 6.92 Å². The highest BCUT2D eigenvalue weighted by Crippen LogP contribution is 2.20. The molecule has 2 rings (SSSR count). The van der Waals surface area contributed by atoms with Gasteiger partial charge in [-0.1, -0.05) is 0 Å². The number of anilines is 1. The van der Waals surface area contributed by atoms with Crippen LogP contribution in [0.2, 0.25) is 0 Å². The van der Waals surface area contributed by atoms with Gasteiger partial charge in [-0.2, -0.15) is 5.10 Å². The van der Waals surface area contributed by atoms with Crippen LogP contribution in [-0.2, 0) is 9.61 Å². The maximum Gasteiger partial charge on any atom is 0.109 e. The lowest BCUT2D eigenvalue weighted by molar-refractivity contribution is 0.384. The number of nitrogens with two attached hydrogens (primary N) is 1. The second-order valence-corrected chi connectivity index (χ2v) is 4.07. The first-order valence-electron chi connectivity index (χ1n) is 4.67. The Morgan fingerprint density at radius 3 is 3.07 bits per heavy atom. The molecule has 2 aromatic rings. The van der Waals surface area contributed by atoms with Gasteiger partial charge >= 0.3 is 0 Å². The third-order valence-corrected chi connectivity index (χ3v) is 2.85. The van der Waals surface area contributed by atoms with Gasteiger partial charge in [-0.3, -0.25) is 4.68 Å². The molecule has 1 aromatic heterocycles. The highest BCUT2D eigenvalue weighted by molar-refractivity contribution is 14.1. The standard InChI is InChI=1S/C10H12IN3O/c1-7-4-8-6-13-14(2-3-15-11)10(8)5-9(7)12/h4-6H,2-3,12H2,1H3. The first kappa shape index (κ1) is 10.7. The lowest BCUT2D eigenvalue weighted by atomic mass is 10.1. The van der Waals surface area contributed by atoms with Crippen molar-refractivity contribution < 1.29 is 3.07 Å². The number of halogens is 1.